The Hall–Kier alpha value is -4.96. The van der Waals surface area contributed by atoms with E-state index in [0.29, 0.717) is 43.2 Å². The van der Waals surface area contributed by atoms with Gasteiger partial charge in [-0.3, -0.25) is 24.1 Å². The molecule has 3 aromatic carbocycles. The lowest BCUT2D eigenvalue weighted by Gasteiger charge is -2.49. The Morgan fingerprint density at radius 2 is 1.51 bits per heavy atom. The molecule has 8 rings (SSSR count). The monoisotopic (exact) mass is 661 g/mol. The van der Waals surface area contributed by atoms with Gasteiger partial charge in [-0.25, -0.2) is 4.90 Å². The first-order chi connectivity index (χ1) is 23.8. The number of para-hydroxylation sites is 2. The second kappa shape index (κ2) is 11.9. The lowest BCUT2D eigenvalue weighted by Crippen LogP contribution is -2.48. The fourth-order valence-electron chi connectivity index (χ4n) is 9.12. The summed E-state index contributed by atoms with van der Waals surface area (Å²) in [6.45, 7) is 6.81. The zero-order valence-corrected chi connectivity index (χ0v) is 27.6. The lowest BCUT2D eigenvalue weighted by molar-refractivity contribution is -0.131. The highest BCUT2D eigenvalue weighted by Crippen LogP contribution is 2.65. The van der Waals surface area contributed by atoms with Crippen LogP contribution in [-0.2, 0) is 23.9 Å². The van der Waals surface area contributed by atoms with E-state index in [1.807, 2.05) is 50.3 Å². The molecule has 2 aliphatic carbocycles. The summed E-state index contributed by atoms with van der Waals surface area (Å²) in [5.74, 6) is -4.34. The number of phenols is 1. The molecule has 0 aromatic heterocycles. The van der Waals surface area contributed by atoms with Gasteiger partial charge in [-0.15, -0.1) is 0 Å². The van der Waals surface area contributed by atoms with Crippen molar-refractivity contribution in [3.8, 4) is 11.5 Å². The average molecular weight is 662 g/mol. The maximum absolute atomic E-state index is 14.6. The minimum absolute atomic E-state index is 0.0905. The highest BCUT2D eigenvalue weighted by atomic mass is 16.5. The van der Waals surface area contributed by atoms with E-state index in [-0.39, 0.29) is 41.5 Å². The SMILES string of the molecule is CCOc1cccc(C2C3=CCC4C(=O)N(c5ccc(N6CCOCC6)cc5)C(=O)C4C3CC3C(=O)N(c4ccccc4)C(=O)C32C)c1O. The Bertz CT molecular complexity index is 1870. The minimum Gasteiger partial charge on any atom is -0.504 e. The second-order valence-corrected chi connectivity index (χ2v) is 13.8. The number of imide groups is 2. The van der Waals surface area contributed by atoms with Crippen molar-refractivity contribution in [3.05, 3.63) is 90.0 Å². The van der Waals surface area contributed by atoms with Crippen molar-refractivity contribution in [1.29, 1.82) is 0 Å². The van der Waals surface area contributed by atoms with Gasteiger partial charge in [0, 0.05) is 30.3 Å². The number of rotatable bonds is 6. The van der Waals surface area contributed by atoms with Crippen LogP contribution in [0.1, 0.15) is 38.2 Å². The molecular formula is C39H39N3O7. The number of hydrogen-bond acceptors (Lipinski definition) is 8. The number of ether oxygens (including phenoxy) is 2. The number of morpholine rings is 1. The summed E-state index contributed by atoms with van der Waals surface area (Å²) >= 11 is 0. The molecule has 3 heterocycles. The quantitative estimate of drug-likeness (QED) is 0.288. The van der Waals surface area contributed by atoms with Crippen LogP contribution < -0.4 is 19.4 Å². The Kier molecular flexibility index (Phi) is 7.59. The van der Waals surface area contributed by atoms with Gasteiger partial charge < -0.3 is 19.5 Å². The van der Waals surface area contributed by atoms with E-state index in [2.05, 4.69) is 4.90 Å². The topological polar surface area (TPSA) is 117 Å². The first kappa shape index (κ1) is 31.3. The van der Waals surface area contributed by atoms with Crippen LogP contribution in [0.15, 0.2) is 84.4 Å². The van der Waals surface area contributed by atoms with E-state index < -0.39 is 35.0 Å². The fourth-order valence-corrected chi connectivity index (χ4v) is 9.12. The van der Waals surface area contributed by atoms with Crippen molar-refractivity contribution in [2.45, 2.75) is 32.6 Å². The van der Waals surface area contributed by atoms with Gasteiger partial charge in [0.15, 0.2) is 11.5 Å². The third-order valence-electron chi connectivity index (χ3n) is 11.4. The number of nitrogens with zero attached hydrogens (tertiary/aromatic N) is 3. The van der Waals surface area contributed by atoms with Crippen LogP contribution in [0, 0.1) is 29.1 Å². The number of carbonyl (C=O) groups excluding carboxylic acids is 4. The molecule has 10 heteroatoms. The highest BCUT2D eigenvalue weighted by molar-refractivity contribution is 6.25. The number of amides is 4. The number of hydrogen-bond donors (Lipinski definition) is 1. The average Bonchev–Trinajstić information content (AvgIpc) is 3.49. The molecule has 6 unspecified atom stereocenters. The molecule has 252 valence electrons. The molecule has 4 amide bonds. The van der Waals surface area contributed by atoms with E-state index in [1.165, 1.54) is 9.80 Å². The van der Waals surface area contributed by atoms with Crippen LogP contribution in [0.4, 0.5) is 17.1 Å². The molecule has 3 aliphatic heterocycles. The third-order valence-corrected chi connectivity index (χ3v) is 11.4. The molecule has 0 radical (unpaired) electrons. The number of allylic oxidation sites excluding steroid dienone is 2. The lowest BCUT2D eigenvalue weighted by atomic mass is 9.51. The Labute approximate surface area is 284 Å². The summed E-state index contributed by atoms with van der Waals surface area (Å²) in [6, 6.07) is 21.6. The van der Waals surface area contributed by atoms with Gasteiger partial charge in [0.05, 0.1) is 54.4 Å². The molecule has 5 aliphatic rings. The van der Waals surface area contributed by atoms with Crippen LogP contribution in [0.3, 0.4) is 0 Å². The normalized spacial score (nSPS) is 29.5. The fraction of sp³-hybridized carbons (Fsp3) is 0.385. The second-order valence-electron chi connectivity index (χ2n) is 13.8. The van der Waals surface area contributed by atoms with E-state index in [0.717, 1.165) is 24.4 Å². The van der Waals surface area contributed by atoms with E-state index in [4.69, 9.17) is 9.47 Å². The number of benzene rings is 3. The van der Waals surface area contributed by atoms with Crippen molar-refractivity contribution in [2.24, 2.45) is 29.1 Å². The Balaban J connectivity index is 1.20. The van der Waals surface area contributed by atoms with Gasteiger partial charge in [-0.05, 0) is 75.1 Å². The largest absolute Gasteiger partial charge is 0.504 e. The van der Waals surface area contributed by atoms with Gasteiger partial charge in [-0.2, -0.15) is 0 Å². The summed E-state index contributed by atoms with van der Waals surface area (Å²) in [7, 11) is 0. The van der Waals surface area contributed by atoms with Crippen LogP contribution in [-0.4, -0.2) is 61.6 Å². The standard InChI is InChI=1S/C39H39N3O7/c1-3-49-31-11-7-10-28(34(31)43)33-26-16-17-27-32(29(26)22-30-36(45)42(38(47)39(30,33)2)24-8-5-4-6-9-24)37(46)41(35(27)44)25-14-12-23(13-15-25)40-18-20-48-21-19-40/h4-16,27,29-30,32-33,43H,3,17-22H2,1-2H3. The van der Waals surface area contributed by atoms with Gasteiger partial charge in [0.2, 0.25) is 23.6 Å². The van der Waals surface area contributed by atoms with Crippen LogP contribution in [0.25, 0.3) is 0 Å². The van der Waals surface area contributed by atoms with Crippen molar-refractivity contribution >= 4 is 40.7 Å². The molecule has 3 saturated heterocycles. The van der Waals surface area contributed by atoms with Gasteiger partial charge in [-0.1, -0.05) is 42.0 Å². The molecule has 1 saturated carbocycles. The maximum atomic E-state index is 14.6. The van der Waals surface area contributed by atoms with Crippen molar-refractivity contribution < 1.29 is 33.8 Å². The predicted molar refractivity (Wildman–Crippen MR) is 182 cm³/mol. The number of aromatic hydroxyl groups is 1. The summed E-state index contributed by atoms with van der Waals surface area (Å²) < 4.78 is 11.2. The predicted octanol–water partition coefficient (Wildman–Crippen LogP) is 5.06. The van der Waals surface area contributed by atoms with Crippen molar-refractivity contribution in [3.63, 3.8) is 0 Å². The molecule has 3 aromatic rings. The number of phenolic OH excluding ortho intramolecular Hbond substituents is 1. The molecular weight excluding hydrogens is 622 g/mol. The molecule has 10 nitrogen and oxygen atoms in total. The zero-order valence-electron chi connectivity index (χ0n) is 27.6. The highest BCUT2D eigenvalue weighted by Gasteiger charge is 2.68. The summed E-state index contributed by atoms with van der Waals surface area (Å²) in [5, 5.41) is 11.6. The summed E-state index contributed by atoms with van der Waals surface area (Å²) in [5.41, 5.74) is 2.02. The number of fused-ring (bicyclic) bond motifs is 4. The van der Waals surface area contributed by atoms with Gasteiger partial charge in [0.1, 0.15) is 0 Å². The smallest absolute Gasteiger partial charge is 0.241 e. The molecule has 6 atom stereocenters. The molecule has 4 fully saturated rings. The zero-order chi connectivity index (χ0) is 34.0. The van der Waals surface area contributed by atoms with Crippen molar-refractivity contribution in [1.82, 2.24) is 0 Å². The van der Waals surface area contributed by atoms with Crippen LogP contribution in [0.5, 0.6) is 11.5 Å². The third kappa shape index (κ3) is 4.64. The van der Waals surface area contributed by atoms with Crippen LogP contribution in [0.2, 0.25) is 0 Å². The first-order valence-corrected chi connectivity index (χ1v) is 17.1. The van der Waals surface area contributed by atoms with E-state index in [9.17, 15) is 24.3 Å². The van der Waals surface area contributed by atoms with Crippen molar-refractivity contribution in [2.75, 3.05) is 47.6 Å². The summed E-state index contributed by atoms with van der Waals surface area (Å²) in [4.78, 5) is 62.3. The Morgan fingerprint density at radius 1 is 0.816 bits per heavy atom. The first-order valence-electron chi connectivity index (χ1n) is 17.1. The maximum Gasteiger partial charge on any atom is 0.241 e. The van der Waals surface area contributed by atoms with Gasteiger partial charge >= 0.3 is 0 Å². The number of carbonyl (C=O) groups is 4. The van der Waals surface area contributed by atoms with E-state index >= 15 is 0 Å². The number of anilines is 3. The molecule has 49 heavy (non-hydrogen) atoms. The molecule has 0 spiro atoms. The minimum atomic E-state index is -1.26. The Morgan fingerprint density at radius 3 is 2.22 bits per heavy atom. The van der Waals surface area contributed by atoms with Crippen LogP contribution >= 0.6 is 0 Å². The van der Waals surface area contributed by atoms with Gasteiger partial charge in [0.25, 0.3) is 0 Å². The summed E-state index contributed by atoms with van der Waals surface area (Å²) in [6.07, 6.45) is 2.55. The van der Waals surface area contributed by atoms with E-state index in [1.54, 1.807) is 42.5 Å². The molecule has 1 N–H and O–H groups in total. The molecule has 0 bridgehead atoms.